The van der Waals surface area contributed by atoms with Gasteiger partial charge in [-0.15, -0.1) is 0 Å². The fraction of sp³-hybridized carbons (Fsp3) is 0.500. The molecule has 2 aliphatic carbocycles. The molecule has 2 aromatic rings. The maximum Gasteiger partial charge on any atom is 0.407 e. The van der Waals surface area contributed by atoms with E-state index < -0.39 is 0 Å². The molecule has 0 radical (unpaired) electrons. The highest BCUT2D eigenvalue weighted by Crippen LogP contribution is 2.43. The number of carbonyl (C=O) groups is 1. The van der Waals surface area contributed by atoms with Gasteiger partial charge in [0.1, 0.15) is 12.4 Å². The number of methoxy groups -OCH3 is 1. The fourth-order valence-corrected chi connectivity index (χ4v) is 5.77. The molecule has 3 aliphatic rings. The quantitative estimate of drug-likeness (QED) is 0.746. The smallest absolute Gasteiger partial charge is 0.407 e. The number of nitrogens with one attached hydrogen (secondary N) is 1. The van der Waals surface area contributed by atoms with Gasteiger partial charge >= 0.3 is 6.09 Å². The molecule has 1 heterocycles. The van der Waals surface area contributed by atoms with Gasteiger partial charge in [-0.2, -0.15) is 0 Å². The van der Waals surface area contributed by atoms with Crippen molar-refractivity contribution in [1.82, 2.24) is 5.32 Å². The topological polar surface area (TPSA) is 47.6 Å². The number of ether oxygens (including phenoxy) is 2. The Balaban J connectivity index is 1.22. The third-order valence-corrected chi connectivity index (χ3v) is 7.50. The van der Waals surface area contributed by atoms with E-state index in [2.05, 4.69) is 41.7 Å². The molecule has 2 aromatic carbocycles. The maximum absolute atomic E-state index is 11.5. The van der Waals surface area contributed by atoms with Crippen LogP contribution in [0.15, 0.2) is 42.5 Å². The van der Waals surface area contributed by atoms with Crippen LogP contribution in [0.2, 0.25) is 0 Å². The van der Waals surface area contributed by atoms with Gasteiger partial charge in [-0.25, -0.2) is 4.79 Å². The van der Waals surface area contributed by atoms with E-state index in [0.29, 0.717) is 12.5 Å². The summed E-state index contributed by atoms with van der Waals surface area (Å²) in [7, 11) is 1.76. The van der Waals surface area contributed by atoms with Gasteiger partial charge in [0.2, 0.25) is 0 Å². The van der Waals surface area contributed by atoms with Crippen LogP contribution in [0.1, 0.15) is 60.3 Å². The summed E-state index contributed by atoms with van der Waals surface area (Å²) in [6.45, 7) is 0.529. The zero-order chi connectivity index (χ0) is 20.6. The normalized spacial score (nSPS) is 27.6. The average Bonchev–Trinajstić information content (AvgIpc) is 3.37. The summed E-state index contributed by atoms with van der Waals surface area (Å²) in [4.78, 5) is 11.5. The third kappa shape index (κ3) is 3.80. The maximum atomic E-state index is 11.5. The van der Waals surface area contributed by atoms with Gasteiger partial charge < -0.3 is 14.8 Å². The molecule has 158 valence electrons. The van der Waals surface area contributed by atoms with E-state index in [1.807, 2.05) is 6.07 Å². The zero-order valence-electron chi connectivity index (χ0n) is 17.8. The first-order chi connectivity index (χ1) is 14.6. The van der Waals surface area contributed by atoms with Crippen molar-refractivity contribution >= 4 is 6.09 Å². The molecule has 3 atom stereocenters. The molecular weight excluding hydrogens is 374 g/mol. The first kappa shape index (κ1) is 19.5. The molecule has 0 bridgehead atoms. The van der Waals surface area contributed by atoms with Gasteiger partial charge in [0.15, 0.2) is 0 Å². The largest absolute Gasteiger partial charge is 0.496 e. The molecule has 1 aliphatic heterocycles. The summed E-state index contributed by atoms with van der Waals surface area (Å²) in [5.41, 5.74) is 5.70. The molecular formula is C26H31NO3. The van der Waals surface area contributed by atoms with Gasteiger partial charge in [0, 0.05) is 0 Å². The number of alkyl carbamates (subject to hydrolysis) is 1. The zero-order valence-corrected chi connectivity index (χ0v) is 17.8. The first-order valence-electron chi connectivity index (χ1n) is 11.3. The second-order valence-electron chi connectivity index (χ2n) is 9.41. The summed E-state index contributed by atoms with van der Waals surface area (Å²) >= 11 is 0. The Morgan fingerprint density at radius 1 is 1.17 bits per heavy atom. The summed E-state index contributed by atoms with van der Waals surface area (Å²) in [6, 6.07) is 15.5. The van der Waals surface area contributed by atoms with E-state index in [0.717, 1.165) is 37.4 Å². The molecule has 4 heteroatoms. The predicted molar refractivity (Wildman–Crippen MR) is 117 cm³/mol. The van der Waals surface area contributed by atoms with E-state index in [1.165, 1.54) is 47.9 Å². The summed E-state index contributed by atoms with van der Waals surface area (Å²) in [5, 5.41) is 3.06. The molecule has 1 saturated heterocycles. The van der Waals surface area contributed by atoms with Gasteiger partial charge in [-0.1, -0.05) is 36.4 Å². The van der Waals surface area contributed by atoms with Crippen molar-refractivity contribution in [3.8, 4) is 5.75 Å². The highest BCUT2D eigenvalue weighted by molar-refractivity contribution is 5.70. The van der Waals surface area contributed by atoms with Crippen molar-refractivity contribution in [2.45, 2.75) is 62.8 Å². The monoisotopic (exact) mass is 405 g/mol. The van der Waals surface area contributed by atoms with Gasteiger partial charge in [-0.3, -0.25) is 0 Å². The molecule has 2 fully saturated rings. The lowest BCUT2D eigenvalue weighted by Gasteiger charge is -2.26. The van der Waals surface area contributed by atoms with Gasteiger partial charge in [0.25, 0.3) is 0 Å². The Kier molecular flexibility index (Phi) is 5.18. The van der Waals surface area contributed by atoms with Crippen molar-refractivity contribution in [3.63, 3.8) is 0 Å². The average molecular weight is 406 g/mol. The number of cyclic esters (lactones) is 1. The molecule has 1 N–H and O–H groups in total. The van der Waals surface area contributed by atoms with Crippen LogP contribution in [-0.2, 0) is 24.0 Å². The number of rotatable bonds is 5. The van der Waals surface area contributed by atoms with Crippen LogP contribution in [0, 0.1) is 5.92 Å². The van der Waals surface area contributed by atoms with Gasteiger partial charge in [-0.05, 0) is 91.5 Å². The van der Waals surface area contributed by atoms with Crippen molar-refractivity contribution in [2.24, 2.45) is 5.92 Å². The molecule has 0 aromatic heterocycles. The lowest BCUT2D eigenvalue weighted by Crippen LogP contribution is -2.40. The Hall–Kier alpha value is -2.49. The minimum Gasteiger partial charge on any atom is -0.496 e. The van der Waals surface area contributed by atoms with E-state index in [9.17, 15) is 4.79 Å². The minimum absolute atomic E-state index is 0.124. The molecule has 1 spiro atoms. The first-order valence-corrected chi connectivity index (χ1v) is 11.3. The Bertz CT molecular complexity index is 940. The number of hydrogen-bond donors (Lipinski definition) is 1. The number of carbonyl (C=O) groups excluding carboxylic acids is 1. The predicted octanol–water partition coefficient (Wildman–Crippen LogP) is 5.18. The van der Waals surface area contributed by atoms with Crippen LogP contribution in [0.4, 0.5) is 4.79 Å². The van der Waals surface area contributed by atoms with E-state index >= 15 is 0 Å². The highest BCUT2D eigenvalue weighted by atomic mass is 16.6. The van der Waals surface area contributed by atoms with Crippen LogP contribution in [0.25, 0.3) is 0 Å². The number of amides is 1. The van der Waals surface area contributed by atoms with Crippen molar-refractivity contribution < 1.29 is 14.3 Å². The second-order valence-corrected chi connectivity index (χ2v) is 9.41. The van der Waals surface area contributed by atoms with Crippen LogP contribution in [-0.4, -0.2) is 25.3 Å². The van der Waals surface area contributed by atoms with Crippen LogP contribution >= 0.6 is 0 Å². The Morgan fingerprint density at radius 3 is 2.90 bits per heavy atom. The molecule has 1 amide bonds. The molecule has 5 rings (SSSR count). The number of benzene rings is 2. The summed E-state index contributed by atoms with van der Waals surface area (Å²) < 4.78 is 10.7. The summed E-state index contributed by atoms with van der Waals surface area (Å²) in [5.74, 6) is 2.28. The summed E-state index contributed by atoms with van der Waals surface area (Å²) in [6.07, 6.45) is 8.83. The molecule has 4 nitrogen and oxygen atoms in total. The number of aryl methyl sites for hydroxylation is 2. The SMILES string of the molecule is COc1ccccc1CC[C@H]1CCc2cc([C@H]3CC[C@]4(COC(=O)N4)C3)ccc2C1. The highest BCUT2D eigenvalue weighted by Gasteiger charge is 2.46. The fourth-order valence-electron chi connectivity index (χ4n) is 5.77. The molecule has 0 unspecified atom stereocenters. The van der Waals surface area contributed by atoms with Crippen LogP contribution < -0.4 is 10.1 Å². The molecule has 1 saturated carbocycles. The standard InChI is InChI=1S/C26H31NO3/c1-29-24-5-3-2-4-19(24)8-6-18-7-9-21-15-22(11-10-20(21)14-18)23-12-13-26(16-23)17-30-25(28)27-26/h2-5,10-11,15,18,23H,6-9,12-14,16-17H2,1H3,(H,27,28)/t18-,23-,26+/m0/s1. The van der Waals surface area contributed by atoms with Crippen LogP contribution in [0.3, 0.4) is 0 Å². The molecule has 30 heavy (non-hydrogen) atoms. The van der Waals surface area contributed by atoms with Gasteiger partial charge in [0.05, 0.1) is 12.6 Å². The number of para-hydroxylation sites is 1. The van der Waals surface area contributed by atoms with E-state index in [4.69, 9.17) is 9.47 Å². The van der Waals surface area contributed by atoms with E-state index in [-0.39, 0.29) is 11.6 Å². The Morgan fingerprint density at radius 2 is 2.07 bits per heavy atom. The van der Waals surface area contributed by atoms with Crippen LogP contribution in [0.5, 0.6) is 5.75 Å². The lowest BCUT2D eigenvalue weighted by atomic mass is 9.79. The third-order valence-electron chi connectivity index (χ3n) is 7.50. The van der Waals surface area contributed by atoms with Crippen molar-refractivity contribution in [1.29, 1.82) is 0 Å². The van der Waals surface area contributed by atoms with E-state index in [1.54, 1.807) is 7.11 Å². The number of fused-ring (bicyclic) bond motifs is 1. The van der Waals surface area contributed by atoms with Crippen molar-refractivity contribution in [3.05, 3.63) is 64.7 Å². The Labute approximate surface area is 179 Å². The number of hydrogen-bond acceptors (Lipinski definition) is 3. The second kappa shape index (κ2) is 7.98. The lowest BCUT2D eigenvalue weighted by molar-refractivity contribution is 0.172. The minimum atomic E-state index is -0.250. The van der Waals surface area contributed by atoms with Crippen molar-refractivity contribution in [2.75, 3.05) is 13.7 Å².